The minimum absolute atomic E-state index is 0.399. The van der Waals surface area contributed by atoms with E-state index in [2.05, 4.69) is 5.32 Å². The molecule has 88 valence electrons. The SMILES string of the molecule is O=C(O)C(Nc1cccc(F)c1)c1ccsc1. The predicted molar refractivity (Wildman–Crippen MR) is 64.7 cm³/mol. The third-order valence-electron chi connectivity index (χ3n) is 2.26. The summed E-state index contributed by atoms with van der Waals surface area (Å²) in [5, 5.41) is 15.5. The summed E-state index contributed by atoms with van der Waals surface area (Å²) in [4.78, 5) is 11.1. The van der Waals surface area contributed by atoms with E-state index in [1.54, 1.807) is 22.9 Å². The Hall–Kier alpha value is -1.88. The van der Waals surface area contributed by atoms with Gasteiger partial charge in [-0.3, -0.25) is 0 Å². The number of halogens is 1. The smallest absolute Gasteiger partial charge is 0.330 e. The fourth-order valence-electron chi connectivity index (χ4n) is 1.47. The van der Waals surface area contributed by atoms with Crippen LogP contribution in [0.1, 0.15) is 11.6 Å². The molecule has 1 heterocycles. The van der Waals surface area contributed by atoms with Crippen LogP contribution in [-0.2, 0) is 4.79 Å². The van der Waals surface area contributed by atoms with Crippen LogP contribution in [-0.4, -0.2) is 11.1 Å². The van der Waals surface area contributed by atoms with Gasteiger partial charge in [-0.2, -0.15) is 11.3 Å². The molecule has 0 fully saturated rings. The van der Waals surface area contributed by atoms with Gasteiger partial charge in [-0.25, -0.2) is 9.18 Å². The van der Waals surface area contributed by atoms with Gasteiger partial charge in [-0.15, -0.1) is 0 Å². The Morgan fingerprint density at radius 1 is 1.41 bits per heavy atom. The number of aliphatic carboxylic acids is 1. The van der Waals surface area contributed by atoms with Crippen molar-refractivity contribution in [1.29, 1.82) is 0 Å². The molecular weight excluding hydrogens is 241 g/mol. The summed E-state index contributed by atoms with van der Waals surface area (Å²) in [6.45, 7) is 0. The molecule has 17 heavy (non-hydrogen) atoms. The van der Waals surface area contributed by atoms with Crippen molar-refractivity contribution in [2.75, 3.05) is 5.32 Å². The number of thiophene rings is 1. The van der Waals surface area contributed by atoms with Crippen LogP contribution in [0.25, 0.3) is 0 Å². The predicted octanol–water partition coefficient (Wildman–Crippen LogP) is 3.13. The Morgan fingerprint density at radius 2 is 2.24 bits per heavy atom. The van der Waals surface area contributed by atoms with Crippen LogP contribution >= 0.6 is 11.3 Å². The number of hydrogen-bond donors (Lipinski definition) is 2. The van der Waals surface area contributed by atoms with Crippen molar-refractivity contribution in [1.82, 2.24) is 0 Å². The summed E-state index contributed by atoms with van der Waals surface area (Å²) < 4.78 is 13.0. The largest absolute Gasteiger partial charge is 0.479 e. The lowest BCUT2D eigenvalue weighted by Gasteiger charge is -2.14. The molecule has 0 radical (unpaired) electrons. The van der Waals surface area contributed by atoms with Gasteiger partial charge in [0.15, 0.2) is 6.04 Å². The Labute approximate surface area is 102 Å². The highest BCUT2D eigenvalue weighted by atomic mass is 32.1. The molecule has 1 unspecified atom stereocenters. The van der Waals surface area contributed by atoms with E-state index in [9.17, 15) is 9.18 Å². The Kier molecular flexibility index (Phi) is 3.39. The number of carboxylic acid groups (broad SMARTS) is 1. The molecule has 0 spiro atoms. The first-order chi connectivity index (χ1) is 8.16. The molecule has 2 N–H and O–H groups in total. The maximum atomic E-state index is 13.0. The maximum absolute atomic E-state index is 13.0. The van der Waals surface area contributed by atoms with Gasteiger partial charge in [0, 0.05) is 5.69 Å². The summed E-state index contributed by atoms with van der Waals surface area (Å²) in [6, 6.07) is 6.61. The third kappa shape index (κ3) is 2.82. The van der Waals surface area contributed by atoms with Crippen LogP contribution in [0, 0.1) is 5.82 Å². The van der Waals surface area contributed by atoms with Crippen LogP contribution in [0.5, 0.6) is 0 Å². The zero-order valence-corrected chi connectivity index (χ0v) is 9.58. The fourth-order valence-corrected chi connectivity index (χ4v) is 2.16. The lowest BCUT2D eigenvalue weighted by Crippen LogP contribution is -2.19. The van der Waals surface area contributed by atoms with Crippen molar-refractivity contribution < 1.29 is 14.3 Å². The molecule has 5 heteroatoms. The number of rotatable bonds is 4. The topological polar surface area (TPSA) is 49.3 Å². The second-order valence-corrected chi connectivity index (χ2v) is 4.26. The highest BCUT2D eigenvalue weighted by molar-refractivity contribution is 7.08. The van der Waals surface area contributed by atoms with Gasteiger partial charge >= 0.3 is 5.97 Å². The summed E-state index contributed by atoms with van der Waals surface area (Å²) in [7, 11) is 0. The van der Waals surface area contributed by atoms with E-state index in [0.717, 1.165) is 0 Å². The van der Waals surface area contributed by atoms with Gasteiger partial charge in [0.2, 0.25) is 0 Å². The highest BCUT2D eigenvalue weighted by Gasteiger charge is 2.19. The molecule has 0 bridgehead atoms. The van der Waals surface area contributed by atoms with Crippen molar-refractivity contribution in [3.8, 4) is 0 Å². The van der Waals surface area contributed by atoms with E-state index in [0.29, 0.717) is 11.3 Å². The number of anilines is 1. The molecule has 2 rings (SSSR count). The number of hydrogen-bond acceptors (Lipinski definition) is 3. The second kappa shape index (κ2) is 4.97. The standard InChI is InChI=1S/C12H10FNO2S/c13-9-2-1-3-10(6-9)14-11(12(15)16)8-4-5-17-7-8/h1-7,11,14H,(H,15,16). The summed E-state index contributed by atoms with van der Waals surface area (Å²) in [6.07, 6.45) is 0. The Balaban J connectivity index is 2.22. The number of carboxylic acids is 1. The first-order valence-electron chi connectivity index (χ1n) is 4.94. The first-order valence-corrected chi connectivity index (χ1v) is 5.88. The van der Waals surface area contributed by atoms with Crippen LogP contribution in [0.15, 0.2) is 41.1 Å². The van der Waals surface area contributed by atoms with E-state index in [1.165, 1.54) is 29.5 Å². The lowest BCUT2D eigenvalue weighted by molar-refractivity contribution is -0.138. The molecular formula is C12H10FNO2S. The summed E-state index contributed by atoms with van der Waals surface area (Å²) in [5.41, 5.74) is 1.11. The van der Waals surface area contributed by atoms with Crippen LogP contribution in [0.4, 0.5) is 10.1 Å². The zero-order valence-electron chi connectivity index (χ0n) is 8.76. The molecule has 0 aliphatic rings. The molecule has 1 atom stereocenters. The average Bonchev–Trinajstić information content (AvgIpc) is 2.78. The zero-order chi connectivity index (χ0) is 12.3. The van der Waals surface area contributed by atoms with E-state index in [4.69, 9.17) is 5.11 Å². The third-order valence-corrected chi connectivity index (χ3v) is 2.96. The molecule has 0 aliphatic carbocycles. The van der Waals surface area contributed by atoms with E-state index >= 15 is 0 Å². The number of carbonyl (C=O) groups is 1. The average molecular weight is 251 g/mol. The van der Waals surface area contributed by atoms with Crippen molar-refractivity contribution in [2.24, 2.45) is 0 Å². The molecule has 3 nitrogen and oxygen atoms in total. The molecule has 0 amide bonds. The monoisotopic (exact) mass is 251 g/mol. The van der Waals surface area contributed by atoms with Crippen molar-refractivity contribution in [3.05, 3.63) is 52.5 Å². The van der Waals surface area contributed by atoms with E-state index < -0.39 is 17.8 Å². The molecule has 0 saturated carbocycles. The second-order valence-electron chi connectivity index (χ2n) is 3.48. The van der Waals surface area contributed by atoms with Crippen LogP contribution < -0.4 is 5.32 Å². The first kappa shape index (κ1) is 11.6. The van der Waals surface area contributed by atoms with Gasteiger partial charge in [0.05, 0.1) is 0 Å². The van der Waals surface area contributed by atoms with Gasteiger partial charge in [-0.1, -0.05) is 6.07 Å². The minimum atomic E-state index is -0.993. The van der Waals surface area contributed by atoms with E-state index in [1.807, 2.05) is 0 Å². The minimum Gasteiger partial charge on any atom is -0.479 e. The molecule has 0 saturated heterocycles. The van der Waals surface area contributed by atoms with E-state index in [-0.39, 0.29) is 0 Å². The number of benzene rings is 1. The Morgan fingerprint density at radius 3 is 2.82 bits per heavy atom. The van der Waals surface area contributed by atoms with Gasteiger partial charge in [0.25, 0.3) is 0 Å². The highest BCUT2D eigenvalue weighted by Crippen LogP contribution is 2.22. The van der Waals surface area contributed by atoms with Crippen molar-refractivity contribution in [2.45, 2.75) is 6.04 Å². The summed E-state index contributed by atoms with van der Waals surface area (Å²) >= 11 is 1.42. The van der Waals surface area contributed by atoms with Crippen molar-refractivity contribution >= 4 is 23.0 Å². The fraction of sp³-hybridized carbons (Fsp3) is 0.0833. The molecule has 1 aromatic heterocycles. The van der Waals surface area contributed by atoms with Gasteiger partial charge in [-0.05, 0) is 40.6 Å². The maximum Gasteiger partial charge on any atom is 0.330 e. The molecule has 0 aliphatic heterocycles. The normalized spacial score (nSPS) is 12.1. The van der Waals surface area contributed by atoms with Crippen molar-refractivity contribution in [3.63, 3.8) is 0 Å². The molecule has 2 aromatic rings. The van der Waals surface area contributed by atoms with Crippen LogP contribution in [0.3, 0.4) is 0 Å². The van der Waals surface area contributed by atoms with Crippen LogP contribution in [0.2, 0.25) is 0 Å². The summed E-state index contributed by atoms with van der Waals surface area (Å²) in [5.74, 6) is -1.39. The quantitative estimate of drug-likeness (QED) is 0.877. The Bertz CT molecular complexity index is 513. The van der Waals surface area contributed by atoms with Gasteiger partial charge in [0.1, 0.15) is 5.82 Å². The van der Waals surface area contributed by atoms with Gasteiger partial charge < -0.3 is 10.4 Å². The molecule has 1 aromatic carbocycles. The number of nitrogens with one attached hydrogen (secondary N) is 1. The lowest BCUT2D eigenvalue weighted by atomic mass is 10.1.